The highest BCUT2D eigenvalue weighted by atomic mass is 16.2. The van der Waals surface area contributed by atoms with Crippen molar-refractivity contribution < 1.29 is 4.79 Å². The first-order valence-corrected chi connectivity index (χ1v) is 9.39. The standard InChI is InChI=1S/C17H26N8O/c1-13-9-14(2)11-24(10-13)17(26)12-22-5-7-23(8-6-22)16-4-3-15-18-20-21-25(15)19-16/h3-4,13-14H,5-12H2,1-2H3. The third-order valence-corrected chi connectivity index (χ3v) is 5.33. The van der Waals surface area contributed by atoms with Crippen LogP contribution in [0.15, 0.2) is 12.1 Å². The number of tetrazole rings is 1. The van der Waals surface area contributed by atoms with Crippen molar-refractivity contribution in [1.29, 1.82) is 0 Å². The molecule has 2 unspecified atom stereocenters. The molecule has 2 aromatic heterocycles. The first kappa shape index (κ1) is 17.1. The molecule has 140 valence electrons. The highest BCUT2D eigenvalue weighted by Crippen LogP contribution is 2.21. The van der Waals surface area contributed by atoms with Crippen molar-refractivity contribution >= 4 is 17.4 Å². The van der Waals surface area contributed by atoms with Crippen LogP contribution in [0, 0.1) is 11.8 Å². The minimum Gasteiger partial charge on any atom is -0.353 e. The zero-order valence-corrected chi connectivity index (χ0v) is 15.5. The summed E-state index contributed by atoms with van der Waals surface area (Å²) < 4.78 is 1.45. The highest BCUT2D eigenvalue weighted by molar-refractivity contribution is 5.78. The molecule has 0 bridgehead atoms. The topological polar surface area (TPSA) is 82.8 Å². The van der Waals surface area contributed by atoms with Gasteiger partial charge in [-0.15, -0.1) is 14.8 Å². The molecule has 26 heavy (non-hydrogen) atoms. The van der Waals surface area contributed by atoms with Crippen LogP contribution in [0.1, 0.15) is 20.3 Å². The zero-order valence-electron chi connectivity index (χ0n) is 15.5. The Kier molecular flexibility index (Phi) is 4.71. The molecule has 2 saturated heterocycles. The quantitative estimate of drug-likeness (QED) is 0.772. The number of carbonyl (C=O) groups is 1. The maximum atomic E-state index is 12.7. The highest BCUT2D eigenvalue weighted by Gasteiger charge is 2.27. The number of amides is 1. The van der Waals surface area contributed by atoms with Gasteiger partial charge in [-0.05, 0) is 40.8 Å². The minimum absolute atomic E-state index is 0.269. The van der Waals surface area contributed by atoms with Gasteiger partial charge in [-0.2, -0.15) is 0 Å². The van der Waals surface area contributed by atoms with Gasteiger partial charge in [-0.1, -0.05) is 13.8 Å². The number of piperidine rings is 1. The lowest BCUT2D eigenvalue weighted by Crippen LogP contribution is -2.52. The van der Waals surface area contributed by atoms with Crippen molar-refractivity contribution in [3.05, 3.63) is 12.1 Å². The molecule has 9 heteroatoms. The van der Waals surface area contributed by atoms with E-state index in [0.29, 0.717) is 24.0 Å². The lowest BCUT2D eigenvalue weighted by atomic mass is 9.92. The fraction of sp³-hybridized carbons (Fsp3) is 0.706. The summed E-state index contributed by atoms with van der Waals surface area (Å²) in [5, 5.41) is 15.8. The lowest BCUT2D eigenvalue weighted by Gasteiger charge is -2.38. The van der Waals surface area contributed by atoms with E-state index in [1.165, 1.54) is 11.1 Å². The summed E-state index contributed by atoms with van der Waals surface area (Å²) in [6, 6.07) is 3.82. The Labute approximate surface area is 152 Å². The molecule has 0 aliphatic carbocycles. The summed E-state index contributed by atoms with van der Waals surface area (Å²) in [6.45, 7) is 10.2. The summed E-state index contributed by atoms with van der Waals surface area (Å²) in [5.41, 5.74) is 0.642. The Bertz CT molecular complexity index is 759. The summed E-state index contributed by atoms with van der Waals surface area (Å²) in [5.74, 6) is 2.35. The fourth-order valence-corrected chi connectivity index (χ4v) is 4.10. The van der Waals surface area contributed by atoms with E-state index in [2.05, 4.69) is 49.2 Å². The van der Waals surface area contributed by atoms with Gasteiger partial charge in [-0.3, -0.25) is 9.69 Å². The van der Waals surface area contributed by atoms with Gasteiger partial charge < -0.3 is 9.80 Å². The Morgan fingerprint density at radius 1 is 1.12 bits per heavy atom. The van der Waals surface area contributed by atoms with E-state index in [1.807, 2.05) is 12.1 Å². The maximum absolute atomic E-state index is 12.7. The molecule has 2 aromatic rings. The van der Waals surface area contributed by atoms with E-state index in [1.54, 1.807) is 0 Å². The van der Waals surface area contributed by atoms with E-state index in [-0.39, 0.29) is 5.91 Å². The average Bonchev–Trinajstić information content (AvgIpc) is 3.09. The van der Waals surface area contributed by atoms with Crippen molar-refractivity contribution in [1.82, 2.24) is 35.1 Å². The Morgan fingerprint density at radius 3 is 2.58 bits per heavy atom. The van der Waals surface area contributed by atoms with Gasteiger partial charge in [0.05, 0.1) is 6.54 Å². The van der Waals surface area contributed by atoms with Crippen LogP contribution in [0.5, 0.6) is 0 Å². The van der Waals surface area contributed by atoms with Crippen molar-refractivity contribution in [3.63, 3.8) is 0 Å². The van der Waals surface area contributed by atoms with Gasteiger partial charge in [0.25, 0.3) is 0 Å². The zero-order chi connectivity index (χ0) is 18.1. The third-order valence-electron chi connectivity index (χ3n) is 5.33. The summed E-state index contributed by atoms with van der Waals surface area (Å²) in [6.07, 6.45) is 1.22. The SMILES string of the molecule is CC1CC(C)CN(C(=O)CN2CCN(c3ccc4nnnn4n3)CC2)C1. The number of anilines is 1. The van der Waals surface area contributed by atoms with E-state index < -0.39 is 0 Å². The molecular weight excluding hydrogens is 332 g/mol. The van der Waals surface area contributed by atoms with E-state index in [4.69, 9.17) is 0 Å². The summed E-state index contributed by atoms with van der Waals surface area (Å²) in [4.78, 5) is 19.2. The van der Waals surface area contributed by atoms with Gasteiger partial charge in [0.15, 0.2) is 11.5 Å². The molecule has 1 amide bonds. The monoisotopic (exact) mass is 358 g/mol. The molecule has 0 saturated carbocycles. The normalized spacial score (nSPS) is 25.0. The van der Waals surface area contributed by atoms with Crippen molar-refractivity contribution in [2.24, 2.45) is 11.8 Å². The number of nitrogens with zero attached hydrogens (tertiary/aromatic N) is 8. The smallest absolute Gasteiger partial charge is 0.236 e. The number of fused-ring (bicyclic) bond motifs is 1. The number of hydrogen-bond donors (Lipinski definition) is 0. The van der Waals surface area contributed by atoms with Crippen molar-refractivity contribution in [3.8, 4) is 0 Å². The fourth-order valence-electron chi connectivity index (χ4n) is 4.10. The Hall–Kier alpha value is -2.29. The molecular formula is C17H26N8O. The van der Waals surface area contributed by atoms with Gasteiger partial charge >= 0.3 is 0 Å². The lowest BCUT2D eigenvalue weighted by molar-refractivity contribution is -0.135. The molecule has 4 rings (SSSR count). The molecule has 2 aliphatic rings. The van der Waals surface area contributed by atoms with Crippen molar-refractivity contribution in [2.75, 3.05) is 50.7 Å². The largest absolute Gasteiger partial charge is 0.353 e. The summed E-state index contributed by atoms with van der Waals surface area (Å²) in [7, 11) is 0. The van der Waals surface area contributed by atoms with Gasteiger partial charge in [0.1, 0.15) is 0 Å². The molecule has 0 aromatic carbocycles. The van der Waals surface area contributed by atoms with E-state index in [0.717, 1.165) is 45.1 Å². The second-order valence-electron chi connectivity index (χ2n) is 7.73. The number of piperazine rings is 1. The molecule has 4 heterocycles. The van der Waals surface area contributed by atoms with Crippen LogP contribution in [0.4, 0.5) is 5.82 Å². The van der Waals surface area contributed by atoms with Gasteiger partial charge in [0.2, 0.25) is 5.91 Å². The Balaban J connectivity index is 1.31. The van der Waals surface area contributed by atoms with Crippen LogP contribution in [0.25, 0.3) is 5.65 Å². The van der Waals surface area contributed by atoms with Crippen LogP contribution in [-0.2, 0) is 4.79 Å². The van der Waals surface area contributed by atoms with E-state index in [9.17, 15) is 4.79 Å². The predicted octanol–water partition coefficient (Wildman–Crippen LogP) is 0.146. The minimum atomic E-state index is 0.269. The van der Waals surface area contributed by atoms with Crippen LogP contribution < -0.4 is 4.90 Å². The van der Waals surface area contributed by atoms with Crippen LogP contribution in [0.3, 0.4) is 0 Å². The van der Waals surface area contributed by atoms with Gasteiger partial charge in [0, 0.05) is 39.3 Å². The molecule has 2 aliphatic heterocycles. The first-order chi connectivity index (χ1) is 12.6. The second kappa shape index (κ2) is 7.14. The number of hydrogen-bond acceptors (Lipinski definition) is 7. The molecule has 0 N–H and O–H groups in total. The number of rotatable bonds is 3. The van der Waals surface area contributed by atoms with Crippen LogP contribution >= 0.6 is 0 Å². The first-order valence-electron chi connectivity index (χ1n) is 9.39. The van der Waals surface area contributed by atoms with Crippen LogP contribution in [-0.4, -0.2) is 86.8 Å². The number of aromatic nitrogens is 5. The molecule has 2 atom stereocenters. The van der Waals surface area contributed by atoms with Gasteiger partial charge in [-0.25, -0.2) is 0 Å². The molecule has 0 radical (unpaired) electrons. The Morgan fingerprint density at radius 2 is 1.85 bits per heavy atom. The predicted molar refractivity (Wildman–Crippen MR) is 96.8 cm³/mol. The van der Waals surface area contributed by atoms with E-state index >= 15 is 0 Å². The second-order valence-corrected chi connectivity index (χ2v) is 7.73. The molecule has 2 fully saturated rings. The van der Waals surface area contributed by atoms with Crippen molar-refractivity contribution in [2.45, 2.75) is 20.3 Å². The number of carbonyl (C=O) groups excluding carboxylic acids is 1. The molecule has 9 nitrogen and oxygen atoms in total. The third kappa shape index (κ3) is 3.62. The molecule has 0 spiro atoms. The average molecular weight is 358 g/mol. The summed E-state index contributed by atoms with van der Waals surface area (Å²) >= 11 is 0. The maximum Gasteiger partial charge on any atom is 0.236 e. The number of likely N-dealkylation sites (tertiary alicyclic amines) is 1. The van der Waals surface area contributed by atoms with Crippen LogP contribution in [0.2, 0.25) is 0 Å².